The number of carbonyl (C=O) groups is 1. The minimum absolute atomic E-state index is 0.196. The predicted molar refractivity (Wildman–Crippen MR) is 117 cm³/mol. The van der Waals surface area contributed by atoms with Gasteiger partial charge in [0.2, 0.25) is 5.91 Å². The second-order valence-corrected chi connectivity index (χ2v) is 9.01. The number of hydrogen-bond acceptors (Lipinski definition) is 7. The van der Waals surface area contributed by atoms with Gasteiger partial charge in [-0.15, -0.1) is 21.5 Å². The minimum atomic E-state index is 0.196. The molecule has 0 N–H and O–H groups in total. The van der Waals surface area contributed by atoms with Gasteiger partial charge < -0.3 is 4.90 Å². The van der Waals surface area contributed by atoms with Crippen molar-refractivity contribution in [2.75, 3.05) is 18.8 Å². The van der Waals surface area contributed by atoms with E-state index in [0.29, 0.717) is 5.75 Å². The van der Waals surface area contributed by atoms with Crippen LogP contribution in [0.25, 0.3) is 21.1 Å². The molecule has 1 amide bonds. The first kappa shape index (κ1) is 20.0. The molecular formula is C21H23N5OS2. The molecule has 1 aliphatic heterocycles. The van der Waals surface area contributed by atoms with Gasteiger partial charge >= 0.3 is 0 Å². The maximum Gasteiger partial charge on any atom is 0.232 e. The summed E-state index contributed by atoms with van der Waals surface area (Å²) < 4.78 is 0. The van der Waals surface area contributed by atoms with Crippen molar-refractivity contribution < 1.29 is 4.79 Å². The Bertz CT molecular complexity index is 951. The molecule has 150 valence electrons. The zero-order valence-electron chi connectivity index (χ0n) is 16.4. The Kier molecular flexibility index (Phi) is 6.51. The number of nitrogens with zero attached hydrogens (tertiary/aromatic N) is 5. The fourth-order valence-corrected chi connectivity index (χ4v) is 5.05. The molecule has 0 radical (unpaired) electrons. The van der Waals surface area contributed by atoms with Gasteiger partial charge in [0.15, 0.2) is 0 Å². The third kappa shape index (κ3) is 5.00. The Labute approximate surface area is 178 Å². The van der Waals surface area contributed by atoms with Crippen molar-refractivity contribution in [2.45, 2.75) is 37.6 Å². The highest BCUT2D eigenvalue weighted by Crippen LogP contribution is 2.34. The van der Waals surface area contributed by atoms with Crippen LogP contribution in [0, 0.1) is 6.92 Å². The maximum atomic E-state index is 12.4. The van der Waals surface area contributed by atoms with E-state index in [4.69, 9.17) is 0 Å². The summed E-state index contributed by atoms with van der Waals surface area (Å²) in [6, 6.07) is 7.80. The van der Waals surface area contributed by atoms with Crippen LogP contribution in [0.4, 0.5) is 0 Å². The molecule has 0 aromatic carbocycles. The molecule has 0 saturated carbocycles. The first-order chi connectivity index (χ1) is 14.2. The topological polar surface area (TPSA) is 71.9 Å². The van der Waals surface area contributed by atoms with E-state index in [0.717, 1.165) is 57.8 Å². The highest BCUT2D eigenvalue weighted by Gasteiger charge is 2.17. The molecule has 3 aromatic heterocycles. The van der Waals surface area contributed by atoms with Gasteiger partial charge in [0, 0.05) is 31.0 Å². The van der Waals surface area contributed by atoms with Gasteiger partial charge in [-0.25, -0.2) is 4.98 Å². The van der Waals surface area contributed by atoms with Crippen LogP contribution in [-0.2, 0) is 4.79 Å². The maximum absolute atomic E-state index is 12.4. The molecule has 0 bridgehead atoms. The van der Waals surface area contributed by atoms with Crippen LogP contribution in [0.1, 0.15) is 31.4 Å². The van der Waals surface area contributed by atoms with Crippen LogP contribution in [0.3, 0.4) is 0 Å². The smallest absolute Gasteiger partial charge is 0.232 e. The number of thiazole rings is 1. The second kappa shape index (κ2) is 9.45. The number of likely N-dealkylation sites (tertiary alicyclic amines) is 1. The van der Waals surface area contributed by atoms with E-state index in [1.807, 2.05) is 42.3 Å². The summed E-state index contributed by atoms with van der Waals surface area (Å²) in [6.07, 6.45) is 8.24. The van der Waals surface area contributed by atoms with Crippen LogP contribution in [0.2, 0.25) is 0 Å². The third-order valence-electron chi connectivity index (χ3n) is 4.88. The van der Waals surface area contributed by atoms with Crippen molar-refractivity contribution in [3.63, 3.8) is 0 Å². The second-order valence-electron chi connectivity index (χ2n) is 7.02. The van der Waals surface area contributed by atoms with Crippen molar-refractivity contribution in [1.82, 2.24) is 25.1 Å². The number of aryl methyl sites for hydroxylation is 1. The standard InChI is InChI=1S/C21H23N5OS2/c1-15-20(29-21(23-15)16-7-6-10-22-13-16)17-8-9-18(25-24-17)28-14-19(27)26-11-4-2-3-5-12-26/h6-10,13H,2-5,11-12,14H2,1H3. The molecule has 8 heteroatoms. The quantitative estimate of drug-likeness (QED) is 0.562. The number of thioether (sulfide) groups is 1. The lowest BCUT2D eigenvalue weighted by atomic mass is 10.2. The van der Waals surface area contributed by atoms with Crippen LogP contribution in [0.5, 0.6) is 0 Å². The van der Waals surface area contributed by atoms with E-state index in [9.17, 15) is 4.79 Å². The average Bonchev–Trinajstić information content (AvgIpc) is 2.96. The van der Waals surface area contributed by atoms with Gasteiger partial charge in [-0.1, -0.05) is 24.6 Å². The number of carbonyl (C=O) groups excluding carboxylic acids is 1. The van der Waals surface area contributed by atoms with E-state index in [1.54, 1.807) is 17.5 Å². The number of amides is 1. The van der Waals surface area contributed by atoms with E-state index < -0.39 is 0 Å². The molecule has 1 aliphatic rings. The van der Waals surface area contributed by atoms with Gasteiger partial charge in [0.25, 0.3) is 0 Å². The number of hydrogen-bond donors (Lipinski definition) is 0. The monoisotopic (exact) mass is 425 g/mol. The van der Waals surface area contributed by atoms with Crippen molar-refractivity contribution >= 4 is 29.0 Å². The molecule has 1 fully saturated rings. The van der Waals surface area contributed by atoms with Crippen molar-refractivity contribution in [1.29, 1.82) is 0 Å². The largest absolute Gasteiger partial charge is 0.342 e. The zero-order chi connectivity index (χ0) is 20.1. The molecule has 3 aromatic rings. The number of aromatic nitrogens is 4. The Hall–Kier alpha value is -2.32. The lowest BCUT2D eigenvalue weighted by Crippen LogP contribution is -2.33. The van der Waals surface area contributed by atoms with E-state index in [-0.39, 0.29) is 5.91 Å². The molecule has 0 unspecified atom stereocenters. The van der Waals surface area contributed by atoms with Gasteiger partial charge in [-0.05, 0) is 44.0 Å². The Morgan fingerprint density at radius 3 is 2.66 bits per heavy atom. The van der Waals surface area contributed by atoms with Crippen LogP contribution < -0.4 is 0 Å². The molecule has 4 rings (SSSR count). The summed E-state index contributed by atoms with van der Waals surface area (Å²) in [6.45, 7) is 3.75. The molecular weight excluding hydrogens is 402 g/mol. The molecule has 6 nitrogen and oxygen atoms in total. The fourth-order valence-electron chi connectivity index (χ4n) is 3.31. The molecule has 0 aliphatic carbocycles. The third-order valence-corrected chi connectivity index (χ3v) is 7.01. The zero-order valence-corrected chi connectivity index (χ0v) is 18.0. The van der Waals surface area contributed by atoms with Gasteiger partial charge in [-0.2, -0.15) is 0 Å². The summed E-state index contributed by atoms with van der Waals surface area (Å²) >= 11 is 3.04. The Morgan fingerprint density at radius 1 is 1.14 bits per heavy atom. The first-order valence-corrected chi connectivity index (χ1v) is 11.6. The highest BCUT2D eigenvalue weighted by molar-refractivity contribution is 7.99. The molecule has 1 saturated heterocycles. The highest BCUT2D eigenvalue weighted by atomic mass is 32.2. The van der Waals surface area contributed by atoms with Gasteiger partial charge in [-0.3, -0.25) is 9.78 Å². The fraction of sp³-hybridized carbons (Fsp3) is 0.381. The lowest BCUT2D eigenvalue weighted by Gasteiger charge is -2.19. The Balaban J connectivity index is 1.40. The Morgan fingerprint density at radius 2 is 1.97 bits per heavy atom. The summed E-state index contributed by atoms with van der Waals surface area (Å²) in [4.78, 5) is 24.3. The summed E-state index contributed by atoms with van der Waals surface area (Å²) in [5, 5.41) is 10.4. The predicted octanol–water partition coefficient (Wildman–Crippen LogP) is 4.47. The summed E-state index contributed by atoms with van der Waals surface area (Å²) in [5.41, 5.74) is 2.73. The van der Waals surface area contributed by atoms with E-state index in [1.165, 1.54) is 24.6 Å². The van der Waals surface area contributed by atoms with Crippen molar-refractivity contribution in [3.8, 4) is 21.1 Å². The molecule has 0 atom stereocenters. The van der Waals surface area contributed by atoms with Gasteiger partial charge in [0.05, 0.1) is 16.3 Å². The molecule has 29 heavy (non-hydrogen) atoms. The van der Waals surface area contributed by atoms with E-state index in [2.05, 4.69) is 20.2 Å². The van der Waals surface area contributed by atoms with Crippen molar-refractivity contribution in [2.24, 2.45) is 0 Å². The van der Waals surface area contributed by atoms with E-state index >= 15 is 0 Å². The minimum Gasteiger partial charge on any atom is -0.342 e. The number of pyridine rings is 1. The molecule has 0 spiro atoms. The van der Waals surface area contributed by atoms with Crippen LogP contribution in [-0.4, -0.2) is 49.8 Å². The van der Waals surface area contributed by atoms with Gasteiger partial charge in [0.1, 0.15) is 15.7 Å². The number of rotatable bonds is 5. The average molecular weight is 426 g/mol. The SMILES string of the molecule is Cc1nc(-c2cccnc2)sc1-c1ccc(SCC(=O)N2CCCCCC2)nn1. The molecule has 4 heterocycles. The normalized spacial score (nSPS) is 14.6. The summed E-state index contributed by atoms with van der Waals surface area (Å²) in [7, 11) is 0. The van der Waals surface area contributed by atoms with Crippen molar-refractivity contribution in [3.05, 3.63) is 42.4 Å². The lowest BCUT2D eigenvalue weighted by molar-refractivity contribution is -0.128. The van der Waals surface area contributed by atoms with Crippen LogP contribution in [0.15, 0.2) is 41.7 Å². The van der Waals surface area contributed by atoms with Crippen LogP contribution >= 0.6 is 23.1 Å². The summed E-state index contributed by atoms with van der Waals surface area (Å²) in [5.74, 6) is 0.612. The first-order valence-electron chi connectivity index (χ1n) is 9.83.